The van der Waals surface area contributed by atoms with Gasteiger partial charge in [0, 0.05) is 30.1 Å². The zero-order valence-corrected chi connectivity index (χ0v) is 20.2. The lowest BCUT2D eigenvalue weighted by molar-refractivity contribution is 0.0650. The van der Waals surface area contributed by atoms with Gasteiger partial charge in [0.05, 0.1) is 25.4 Å². The summed E-state index contributed by atoms with van der Waals surface area (Å²) in [7, 11) is 0. The molecule has 0 aliphatic carbocycles. The first kappa shape index (κ1) is 25.4. The molecule has 0 bridgehead atoms. The number of aliphatic hydroxyl groups is 1. The van der Waals surface area contributed by atoms with Crippen molar-refractivity contribution in [2.75, 3.05) is 32.0 Å². The minimum Gasteiger partial charge on any atom is -0.444 e. The van der Waals surface area contributed by atoms with Gasteiger partial charge in [0.2, 0.25) is 0 Å². The number of rotatable bonds is 11. The largest absolute Gasteiger partial charge is 0.444 e. The normalized spacial score (nSPS) is 17.8. The molecule has 0 radical (unpaired) electrons. The molecule has 2 aromatic rings. The zero-order valence-electron chi connectivity index (χ0n) is 19.4. The van der Waals surface area contributed by atoms with Gasteiger partial charge >= 0.3 is 6.09 Å². The number of nitrogen functional groups attached to an aromatic ring is 1. The van der Waals surface area contributed by atoms with E-state index in [1.807, 2.05) is 54.6 Å². The fourth-order valence-electron chi connectivity index (χ4n) is 3.66. The van der Waals surface area contributed by atoms with Crippen LogP contribution in [0.5, 0.6) is 0 Å². The Bertz CT molecular complexity index is 844. The predicted molar refractivity (Wildman–Crippen MR) is 132 cm³/mol. The molecule has 0 saturated carbocycles. The number of ether oxygens (including phenoxy) is 2. The molecule has 8 heteroatoms. The third-order valence-electron chi connectivity index (χ3n) is 5.30. The molecule has 1 amide bonds. The number of anilines is 1. The molecular formula is C25H35N3O4S. The molecule has 0 spiro atoms. The smallest absolute Gasteiger partial charge is 0.407 e. The number of amides is 1. The van der Waals surface area contributed by atoms with Crippen molar-refractivity contribution in [3.05, 3.63) is 60.2 Å². The highest BCUT2D eigenvalue weighted by atomic mass is 32.2. The van der Waals surface area contributed by atoms with Crippen LogP contribution >= 0.6 is 11.9 Å². The van der Waals surface area contributed by atoms with Crippen molar-refractivity contribution < 1.29 is 19.4 Å². The topological polar surface area (TPSA) is 97.0 Å². The first-order chi connectivity index (χ1) is 15.9. The summed E-state index contributed by atoms with van der Waals surface area (Å²) in [6.45, 7) is 6.47. The number of alkyl carbamates (subject to hydrolysis) is 1. The molecule has 3 rings (SSSR count). The van der Waals surface area contributed by atoms with Crippen LogP contribution in [0.1, 0.15) is 25.8 Å². The second kappa shape index (κ2) is 12.8. The first-order valence-corrected chi connectivity index (χ1v) is 12.2. The maximum absolute atomic E-state index is 12.6. The van der Waals surface area contributed by atoms with E-state index in [0.29, 0.717) is 44.2 Å². The SMILES string of the molecule is CC(C)CN(CC(O)C(Cc1ccccc1)NC(=O)OC1CCOC1)Sc1ccc(N)cc1. The maximum atomic E-state index is 12.6. The van der Waals surface area contributed by atoms with Crippen LogP contribution < -0.4 is 11.1 Å². The molecule has 7 nitrogen and oxygen atoms in total. The average Bonchev–Trinajstić information content (AvgIpc) is 3.28. The van der Waals surface area contributed by atoms with E-state index in [1.54, 1.807) is 11.9 Å². The van der Waals surface area contributed by atoms with Gasteiger partial charge < -0.3 is 25.6 Å². The Labute approximate surface area is 200 Å². The van der Waals surface area contributed by atoms with Crippen LogP contribution in [-0.2, 0) is 15.9 Å². The molecule has 2 aromatic carbocycles. The van der Waals surface area contributed by atoms with Crippen LogP contribution in [-0.4, -0.2) is 60.1 Å². The number of carbonyl (C=O) groups is 1. The number of nitrogens with zero attached hydrogens (tertiary/aromatic N) is 1. The summed E-state index contributed by atoms with van der Waals surface area (Å²) >= 11 is 1.58. The van der Waals surface area contributed by atoms with E-state index >= 15 is 0 Å². The molecule has 1 fully saturated rings. The van der Waals surface area contributed by atoms with Gasteiger partial charge in [-0.3, -0.25) is 0 Å². The minimum atomic E-state index is -0.794. The summed E-state index contributed by atoms with van der Waals surface area (Å²) in [4.78, 5) is 13.6. The summed E-state index contributed by atoms with van der Waals surface area (Å²) in [6, 6.07) is 17.0. The monoisotopic (exact) mass is 473 g/mol. The fourth-order valence-corrected chi connectivity index (χ4v) is 4.82. The van der Waals surface area contributed by atoms with Gasteiger partial charge in [-0.05, 0) is 54.1 Å². The zero-order chi connectivity index (χ0) is 23.6. The summed E-state index contributed by atoms with van der Waals surface area (Å²) in [5, 5.41) is 14.1. The van der Waals surface area contributed by atoms with Crippen molar-refractivity contribution in [1.29, 1.82) is 0 Å². The van der Waals surface area contributed by atoms with Crippen molar-refractivity contribution in [3.63, 3.8) is 0 Å². The maximum Gasteiger partial charge on any atom is 0.407 e. The second-order valence-electron chi connectivity index (χ2n) is 8.80. The van der Waals surface area contributed by atoms with Gasteiger partial charge in [-0.2, -0.15) is 0 Å². The Kier molecular flexibility index (Phi) is 9.87. The van der Waals surface area contributed by atoms with Gasteiger partial charge in [-0.25, -0.2) is 9.10 Å². The first-order valence-electron chi connectivity index (χ1n) is 11.4. The summed E-state index contributed by atoms with van der Waals surface area (Å²) in [5.41, 5.74) is 7.56. The molecule has 1 aliphatic heterocycles. The molecule has 3 unspecified atom stereocenters. The lowest BCUT2D eigenvalue weighted by atomic mass is 10.0. The van der Waals surface area contributed by atoms with E-state index in [1.165, 1.54) is 0 Å². The Hall–Kier alpha value is -2.26. The molecule has 0 aromatic heterocycles. The lowest BCUT2D eigenvalue weighted by Gasteiger charge is -2.30. The van der Waals surface area contributed by atoms with Crippen LogP contribution in [0.2, 0.25) is 0 Å². The molecule has 180 valence electrons. The van der Waals surface area contributed by atoms with Gasteiger partial charge in [0.1, 0.15) is 6.10 Å². The Morgan fingerprint density at radius 1 is 1.21 bits per heavy atom. The van der Waals surface area contributed by atoms with Gasteiger partial charge in [-0.1, -0.05) is 44.2 Å². The second-order valence-corrected chi connectivity index (χ2v) is 9.97. The number of carbonyl (C=O) groups excluding carboxylic acids is 1. The summed E-state index contributed by atoms with van der Waals surface area (Å²) < 4.78 is 12.9. The number of hydrogen-bond donors (Lipinski definition) is 3. The van der Waals surface area contributed by atoms with Crippen LogP contribution in [0.4, 0.5) is 10.5 Å². The average molecular weight is 474 g/mol. The van der Waals surface area contributed by atoms with Crippen LogP contribution in [0.25, 0.3) is 0 Å². The van der Waals surface area contributed by atoms with Crippen molar-refractivity contribution >= 4 is 23.7 Å². The van der Waals surface area contributed by atoms with E-state index in [4.69, 9.17) is 15.2 Å². The van der Waals surface area contributed by atoms with Crippen molar-refractivity contribution in [1.82, 2.24) is 9.62 Å². The Morgan fingerprint density at radius 3 is 2.58 bits per heavy atom. The third kappa shape index (κ3) is 8.89. The number of benzene rings is 2. The van der Waals surface area contributed by atoms with Crippen molar-refractivity contribution in [2.45, 2.75) is 49.8 Å². The number of aliphatic hydroxyl groups excluding tert-OH is 1. The standard InChI is InChI=1S/C25H35N3O4S/c1-18(2)15-28(33-22-10-8-20(26)9-11-22)16-24(29)23(14-19-6-4-3-5-7-19)27-25(30)32-21-12-13-31-17-21/h3-11,18,21,23-24,29H,12-17,26H2,1-2H3,(H,27,30). The number of nitrogens with two attached hydrogens (primary N) is 1. The fraction of sp³-hybridized carbons (Fsp3) is 0.480. The van der Waals surface area contributed by atoms with E-state index in [9.17, 15) is 9.90 Å². The van der Waals surface area contributed by atoms with Crippen molar-refractivity contribution in [2.24, 2.45) is 5.92 Å². The Balaban J connectivity index is 1.68. The third-order valence-corrected chi connectivity index (χ3v) is 6.34. The van der Waals surface area contributed by atoms with Crippen LogP contribution in [0, 0.1) is 5.92 Å². The van der Waals surface area contributed by atoms with E-state index < -0.39 is 18.2 Å². The Morgan fingerprint density at radius 2 is 1.94 bits per heavy atom. The number of hydrogen-bond acceptors (Lipinski definition) is 7. The highest BCUT2D eigenvalue weighted by molar-refractivity contribution is 7.97. The summed E-state index contributed by atoms with van der Waals surface area (Å²) in [5.74, 6) is 0.409. The molecule has 3 atom stereocenters. The van der Waals surface area contributed by atoms with Crippen LogP contribution in [0.3, 0.4) is 0 Å². The lowest BCUT2D eigenvalue weighted by Crippen LogP contribution is -2.49. The molecule has 33 heavy (non-hydrogen) atoms. The van der Waals surface area contributed by atoms with Gasteiger partial charge in [-0.15, -0.1) is 0 Å². The quantitative estimate of drug-likeness (QED) is 0.338. The molecular weight excluding hydrogens is 438 g/mol. The van der Waals surface area contributed by atoms with Gasteiger partial charge in [0.15, 0.2) is 0 Å². The predicted octanol–water partition coefficient (Wildman–Crippen LogP) is 3.72. The van der Waals surface area contributed by atoms with E-state index in [-0.39, 0.29) is 6.10 Å². The molecule has 1 heterocycles. The number of nitrogens with one attached hydrogen (secondary N) is 1. The summed E-state index contributed by atoms with van der Waals surface area (Å²) in [6.07, 6.45) is -0.359. The van der Waals surface area contributed by atoms with Gasteiger partial charge in [0.25, 0.3) is 0 Å². The van der Waals surface area contributed by atoms with E-state index in [0.717, 1.165) is 17.0 Å². The molecule has 1 saturated heterocycles. The highest BCUT2D eigenvalue weighted by Gasteiger charge is 2.27. The minimum absolute atomic E-state index is 0.238. The highest BCUT2D eigenvalue weighted by Crippen LogP contribution is 2.25. The van der Waals surface area contributed by atoms with Crippen molar-refractivity contribution in [3.8, 4) is 0 Å². The molecule has 1 aliphatic rings. The van der Waals surface area contributed by atoms with Crippen LogP contribution in [0.15, 0.2) is 59.5 Å². The van der Waals surface area contributed by atoms with E-state index in [2.05, 4.69) is 23.5 Å². The molecule has 4 N–H and O–H groups in total.